The van der Waals surface area contributed by atoms with Crippen molar-refractivity contribution in [3.63, 3.8) is 0 Å². The van der Waals surface area contributed by atoms with E-state index in [2.05, 4.69) is 170 Å². The number of rotatable bonds is 4. The van der Waals surface area contributed by atoms with Crippen molar-refractivity contribution in [2.45, 2.75) is 0 Å². The van der Waals surface area contributed by atoms with Crippen molar-refractivity contribution < 1.29 is 4.42 Å². The molecule has 11 aromatic rings. The largest absolute Gasteiger partial charge is 0.455 e. The molecule has 2 heteroatoms. The quantitative estimate of drug-likeness (QED) is 0.169. The van der Waals surface area contributed by atoms with Crippen molar-refractivity contribution in [3.05, 3.63) is 182 Å². The fourth-order valence-electron chi connectivity index (χ4n) is 8.38. The second kappa shape index (κ2) is 11.5. The van der Waals surface area contributed by atoms with Gasteiger partial charge in [-0.2, -0.15) is 0 Å². The molecule has 2 aromatic heterocycles. The van der Waals surface area contributed by atoms with Crippen LogP contribution in [0.5, 0.6) is 0 Å². The van der Waals surface area contributed by atoms with E-state index in [0.717, 1.165) is 33.1 Å². The average Bonchev–Trinajstić information content (AvgIpc) is 3.78. The summed E-state index contributed by atoms with van der Waals surface area (Å²) in [7, 11) is 0. The maximum absolute atomic E-state index is 6.46. The molecule has 0 atom stereocenters. The van der Waals surface area contributed by atoms with Crippen molar-refractivity contribution in [1.29, 1.82) is 0 Å². The van der Waals surface area contributed by atoms with Gasteiger partial charge in [0.05, 0.1) is 0 Å². The Hall–Kier alpha value is -6.48. The molecule has 0 spiro atoms. The highest BCUT2D eigenvalue weighted by Gasteiger charge is 2.19. The Bertz CT molecular complexity index is 3120. The molecule has 0 aliphatic carbocycles. The summed E-state index contributed by atoms with van der Waals surface area (Å²) in [6.07, 6.45) is 0. The fraction of sp³-hybridized carbons (Fsp3) is 0. The number of hydrogen-bond acceptors (Lipinski definition) is 2. The summed E-state index contributed by atoms with van der Waals surface area (Å²) in [5.74, 6) is 0. The molecule has 242 valence electrons. The molecule has 2 heterocycles. The molecule has 0 saturated carbocycles. The van der Waals surface area contributed by atoms with Gasteiger partial charge in [-0.3, -0.25) is 0 Å². The van der Waals surface area contributed by atoms with E-state index in [0.29, 0.717) is 0 Å². The normalized spacial score (nSPS) is 11.8. The van der Waals surface area contributed by atoms with Crippen molar-refractivity contribution in [2.75, 3.05) is 0 Å². The van der Waals surface area contributed by atoms with Gasteiger partial charge in [0, 0.05) is 36.5 Å². The molecule has 0 saturated heterocycles. The maximum atomic E-state index is 6.46. The summed E-state index contributed by atoms with van der Waals surface area (Å²) in [4.78, 5) is 0. The number of benzene rings is 9. The summed E-state index contributed by atoms with van der Waals surface area (Å²) < 4.78 is 9.12. The van der Waals surface area contributed by atoms with Crippen LogP contribution in [0.15, 0.2) is 186 Å². The number of para-hydroxylation sites is 2. The van der Waals surface area contributed by atoms with Gasteiger partial charge < -0.3 is 4.42 Å². The number of thiophene rings is 1. The number of hydrogen-bond donors (Lipinski definition) is 0. The topological polar surface area (TPSA) is 13.1 Å². The summed E-state index contributed by atoms with van der Waals surface area (Å²) in [6, 6.07) is 66.2. The van der Waals surface area contributed by atoms with E-state index in [4.69, 9.17) is 4.42 Å². The predicted octanol–water partition coefficient (Wildman–Crippen LogP) is 14.9. The highest BCUT2D eigenvalue weighted by atomic mass is 32.1. The molecule has 0 radical (unpaired) electrons. The zero-order valence-electron chi connectivity index (χ0n) is 28.1. The SMILES string of the molecule is c1ccc(-c2cccc3c2oc2ccccc23)c(-c2ccc(-c3c4ccccc4c(-c4ccc5c(c4)sc4ccccc45)c4ccccc34)cc2)c1. The van der Waals surface area contributed by atoms with Gasteiger partial charge in [0.2, 0.25) is 0 Å². The van der Waals surface area contributed by atoms with Gasteiger partial charge in [0.25, 0.3) is 0 Å². The lowest BCUT2D eigenvalue weighted by molar-refractivity contribution is 0.670. The van der Waals surface area contributed by atoms with E-state index in [9.17, 15) is 0 Å². The smallest absolute Gasteiger partial charge is 0.143 e. The van der Waals surface area contributed by atoms with Crippen LogP contribution in [-0.2, 0) is 0 Å². The summed E-state index contributed by atoms with van der Waals surface area (Å²) in [5, 5.41) is 10.0. The molecule has 11 rings (SSSR count). The zero-order valence-corrected chi connectivity index (χ0v) is 29.0. The van der Waals surface area contributed by atoms with E-state index in [1.54, 1.807) is 0 Å². The van der Waals surface area contributed by atoms with Crippen LogP contribution in [0, 0.1) is 0 Å². The van der Waals surface area contributed by atoms with Crippen LogP contribution in [0.4, 0.5) is 0 Å². The first kappa shape index (κ1) is 29.3. The summed E-state index contributed by atoms with van der Waals surface area (Å²) in [6.45, 7) is 0. The molecular formula is C50H30OS. The first-order valence-corrected chi connectivity index (χ1v) is 18.6. The first-order valence-electron chi connectivity index (χ1n) is 17.8. The second-order valence-corrected chi connectivity index (χ2v) is 14.6. The van der Waals surface area contributed by atoms with Gasteiger partial charge in [-0.25, -0.2) is 0 Å². The van der Waals surface area contributed by atoms with Crippen LogP contribution >= 0.6 is 11.3 Å². The second-order valence-electron chi connectivity index (χ2n) is 13.6. The van der Waals surface area contributed by atoms with Crippen LogP contribution in [-0.4, -0.2) is 0 Å². The lowest BCUT2D eigenvalue weighted by atomic mass is 9.85. The molecular weight excluding hydrogens is 649 g/mol. The molecule has 0 amide bonds. The molecule has 0 aliphatic heterocycles. The summed E-state index contributed by atoms with van der Waals surface area (Å²) in [5.41, 5.74) is 11.5. The highest BCUT2D eigenvalue weighted by Crippen LogP contribution is 2.46. The third-order valence-corrected chi connectivity index (χ3v) is 11.8. The minimum Gasteiger partial charge on any atom is -0.455 e. The first-order chi connectivity index (χ1) is 25.8. The third kappa shape index (κ3) is 4.41. The molecule has 0 bridgehead atoms. The minimum atomic E-state index is 0.915. The van der Waals surface area contributed by atoms with E-state index in [1.807, 2.05) is 23.5 Å². The lowest BCUT2D eigenvalue weighted by Crippen LogP contribution is -1.91. The van der Waals surface area contributed by atoms with Gasteiger partial charge in [-0.1, -0.05) is 164 Å². The molecule has 1 nitrogen and oxygen atoms in total. The van der Waals surface area contributed by atoms with Crippen molar-refractivity contribution in [2.24, 2.45) is 0 Å². The van der Waals surface area contributed by atoms with Crippen molar-refractivity contribution in [1.82, 2.24) is 0 Å². The Morgan fingerprint density at radius 3 is 1.54 bits per heavy atom. The Morgan fingerprint density at radius 2 is 0.808 bits per heavy atom. The zero-order chi connectivity index (χ0) is 34.2. The fourth-order valence-corrected chi connectivity index (χ4v) is 9.52. The van der Waals surface area contributed by atoms with Crippen LogP contribution in [0.3, 0.4) is 0 Å². The molecule has 0 fully saturated rings. The highest BCUT2D eigenvalue weighted by molar-refractivity contribution is 7.25. The predicted molar refractivity (Wildman–Crippen MR) is 223 cm³/mol. The Balaban J connectivity index is 1.07. The van der Waals surface area contributed by atoms with Crippen LogP contribution in [0.2, 0.25) is 0 Å². The average molecular weight is 679 g/mol. The summed E-state index contributed by atoms with van der Waals surface area (Å²) >= 11 is 1.88. The van der Waals surface area contributed by atoms with Gasteiger partial charge in [-0.15, -0.1) is 11.3 Å². The third-order valence-electron chi connectivity index (χ3n) is 10.7. The molecule has 0 N–H and O–H groups in total. The van der Waals surface area contributed by atoms with Crippen LogP contribution in [0.1, 0.15) is 0 Å². The molecule has 9 aromatic carbocycles. The van der Waals surface area contributed by atoms with Crippen molar-refractivity contribution in [3.8, 4) is 44.5 Å². The standard InChI is InChI=1S/C50H30OS/c1-2-13-35(43-20-11-21-44-36-14-7-9-22-45(36)51-50(43)44)34(12-1)31-24-26-32(27-25-31)48-39-16-3-5-18-41(39)49(42-19-6-4-17-40(42)48)33-28-29-38-37-15-8-10-23-46(37)52-47(38)30-33/h1-30H. The van der Waals surface area contributed by atoms with E-state index in [1.165, 1.54) is 75.1 Å². The maximum Gasteiger partial charge on any atom is 0.143 e. The minimum absolute atomic E-state index is 0.915. The van der Waals surface area contributed by atoms with Gasteiger partial charge in [0.1, 0.15) is 11.2 Å². The number of fused-ring (bicyclic) bond motifs is 8. The van der Waals surface area contributed by atoms with Gasteiger partial charge in [0.15, 0.2) is 0 Å². The number of furan rings is 1. The Labute approximate surface area is 304 Å². The molecule has 0 unspecified atom stereocenters. The van der Waals surface area contributed by atoms with E-state index >= 15 is 0 Å². The molecule has 52 heavy (non-hydrogen) atoms. The van der Waals surface area contributed by atoms with E-state index < -0.39 is 0 Å². The van der Waals surface area contributed by atoms with Gasteiger partial charge >= 0.3 is 0 Å². The van der Waals surface area contributed by atoms with Gasteiger partial charge in [-0.05, 0) is 78.7 Å². The van der Waals surface area contributed by atoms with E-state index in [-0.39, 0.29) is 0 Å². The Kier molecular flexibility index (Phi) is 6.49. The molecule has 0 aliphatic rings. The van der Waals surface area contributed by atoms with Crippen molar-refractivity contribution >= 4 is 75.0 Å². The lowest BCUT2D eigenvalue weighted by Gasteiger charge is -2.18. The van der Waals surface area contributed by atoms with Crippen LogP contribution < -0.4 is 0 Å². The monoisotopic (exact) mass is 678 g/mol. The van der Waals surface area contributed by atoms with Crippen LogP contribution in [0.25, 0.3) is 108 Å². The Morgan fingerprint density at radius 1 is 0.308 bits per heavy atom.